The molecule has 1 fully saturated rings. The lowest BCUT2D eigenvalue weighted by atomic mass is 9.95. The number of urea groups is 1. The van der Waals surface area contributed by atoms with E-state index in [4.69, 9.17) is 5.11 Å². The second-order valence-corrected chi connectivity index (χ2v) is 6.79. The molecule has 0 saturated carbocycles. The molecular weight excluding hydrogens is 334 g/mol. The molecular formula is C19H27N3O4. The van der Waals surface area contributed by atoms with Gasteiger partial charge in [0.2, 0.25) is 5.91 Å². The van der Waals surface area contributed by atoms with Crippen molar-refractivity contribution in [1.82, 2.24) is 14.7 Å². The third-order valence-corrected chi connectivity index (χ3v) is 4.74. The Hall–Kier alpha value is -2.57. The summed E-state index contributed by atoms with van der Waals surface area (Å²) >= 11 is 0. The van der Waals surface area contributed by atoms with Crippen molar-refractivity contribution < 1.29 is 19.5 Å². The minimum Gasteiger partial charge on any atom is -0.481 e. The number of likely N-dealkylation sites (tertiary alicyclic amines) is 1. The quantitative estimate of drug-likeness (QED) is 0.839. The number of piperidine rings is 1. The molecule has 142 valence electrons. The van der Waals surface area contributed by atoms with Crippen molar-refractivity contribution in [1.29, 1.82) is 0 Å². The molecule has 0 radical (unpaired) electrons. The largest absolute Gasteiger partial charge is 0.481 e. The van der Waals surface area contributed by atoms with E-state index < -0.39 is 5.97 Å². The van der Waals surface area contributed by atoms with Gasteiger partial charge in [0.1, 0.15) is 0 Å². The normalized spacial score (nSPS) is 14.8. The Morgan fingerprint density at radius 2 is 1.69 bits per heavy atom. The molecule has 1 aliphatic rings. The number of hydrogen-bond acceptors (Lipinski definition) is 3. The van der Waals surface area contributed by atoms with Crippen LogP contribution in [-0.4, -0.2) is 71.4 Å². The molecule has 26 heavy (non-hydrogen) atoms. The van der Waals surface area contributed by atoms with Gasteiger partial charge in [-0.1, -0.05) is 30.3 Å². The van der Waals surface area contributed by atoms with Crippen LogP contribution in [0.2, 0.25) is 0 Å². The minimum absolute atomic E-state index is 0.0287. The van der Waals surface area contributed by atoms with E-state index in [0.717, 1.165) is 5.56 Å². The van der Waals surface area contributed by atoms with Crippen LogP contribution in [0.1, 0.15) is 24.8 Å². The molecule has 0 unspecified atom stereocenters. The fraction of sp³-hybridized carbons (Fsp3) is 0.526. The molecule has 0 aromatic heterocycles. The Balaban J connectivity index is 1.80. The van der Waals surface area contributed by atoms with Crippen LogP contribution in [-0.2, 0) is 16.1 Å². The topological polar surface area (TPSA) is 81.2 Å². The highest BCUT2D eigenvalue weighted by Gasteiger charge is 2.30. The fourth-order valence-electron chi connectivity index (χ4n) is 3.17. The van der Waals surface area contributed by atoms with Crippen LogP contribution < -0.4 is 0 Å². The third kappa shape index (κ3) is 5.47. The van der Waals surface area contributed by atoms with Crippen LogP contribution in [0.5, 0.6) is 0 Å². The number of hydrogen-bond donors (Lipinski definition) is 1. The smallest absolute Gasteiger partial charge is 0.320 e. The van der Waals surface area contributed by atoms with Gasteiger partial charge >= 0.3 is 12.0 Å². The SMILES string of the molecule is CN(CCC(=O)O)C(=O)C1CCN(C(=O)N(C)Cc2ccccc2)CC1. The highest BCUT2D eigenvalue weighted by Crippen LogP contribution is 2.20. The maximum absolute atomic E-state index is 12.6. The number of carboxylic acids is 1. The summed E-state index contributed by atoms with van der Waals surface area (Å²) in [6, 6.07) is 9.79. The third-order valence-electron chi connectivity index (χ3n) is 4.74. The Labute approximate surface area is 154 Å². The van der Waals surface area contributed by atoms with E-state index in [1.54, 1.807) is 23.9 Å². The molecule has 1 aromatic rings. The van der Waals surface area contributed by atoms with E-state index >= 15 is 0 Å². The van der Waals surface area contributed by atoms with Crippen LogP contribution in [0.25, 0.3) is 0 Å². The monoisotopic (exact) mass is 361 g/mol. The van der Waals surface area contributed by atoms with Crippen molar-refractivity contribution in [3.63, 3.8) is 0 Å². The van der Waals surface area contributed by atoms with E-state index in [2.05, 4.69) is 0 Å². The van der Waals surface area contributed by atoms with Crippen LogP contribution in [0.4, 0.5) is 4.79 Å². The Kier molecular flexibility index (Phi) is 7.00. The average Bonchev–Trinajstić information content (AvgIpc) is 2.65. The van der Waals surface area contributed by atoms with Gasteiger partial charge in [0.25, 0.3) is 0 Å². The predicted octanol–water partition coefficient (Wildman–Crippen LogP) is 1.88. The number of rotatable bonds is 6. The van der Waals surface area contributed by atoms with Gasteiger partial charge in [-0.15, -0.1) is 0 Å². The van der Waals surface area contributed by atoms with Crippen molar-refractivity contribution in [2.75, 3.05) is 33.7 Å². The van der Waals surface area contributed by atoms with Crippen molar-refractivity contribution in [3.05, 3.63) is 35.9 Å². The Bertz CT molecular complexity index is 627. The van der Waals surface area contributed by atoms with Crippen molar-refractivity contribution in [2.24, 2.45) is 5.92 Å². The zero-order valence-corrected chi connectivity index (χ0v) is 15.4. The maximum Gasteiger partial charge on any atom is 0.320 e. The molecule has 0 spiro atoms. The molecule has 1 saturated heterocycles. The van der Waals surface area contributed by atoms with E-state index in [1.165, 1.54) is 4.90 Å². The summed E-state index contributed by atoms with van der Waals surface area (Å²) in [5, 5.41) is 8.72. The minimum atomic E-state index is -0.911. The summed E-state index contributed by atoms with van der Waals surface area (Å²) in [5.41, 5.74) is 1.08. The summed E-state index contributed by atoms with van der Waals surface area (Å²) in [6.07, 6.45) is 1.17. The number of carboxylic acid groups (broad SMARTS) is 1. The molecule has 0 atom stereocenters. The molecule has 3 amide bonds. The summed E-state index contributed by atoms with van der Waals surface area (Å²) in [5.74, 6) is -1.08. The van der Waals surface area contributed by atoms with Crippen molar-refractivity contribution >= 4 is 17.9 Å². The average molecular weight is 361 g/mol. The number of nitrogens with zero attached hydrogens (tertiary/aromatic N) is 3. The first-order chi connectivity index (χ1) is 12.4. The second kappa shape index (κ2) is 9.22. The standard InChI is InChI=1S/C19H27N3O4/c1-20(11-10-17(23)24)18(25)16-8-12-22(13-9-16)19(26)21(2)14-15-6-4-3-5-7-15/h3-7,16H,8-14H2,1-2H3,(H,23,24). The van der Waals surface area contributed by atoms with Gasteiger partial charge in [0, 0.05) is 46.2 Å². The van der Waals surface area contributed by atoms with E-state index in [1.807, 2.05) is 30.3 Å². The zero-order chi connectivity index (χ0) is 19.1. The highest BCUT2D eigenvalue weighted by atomic mass is 16.4. The number of carbonyl (C=O) groups is 3. The van der Waals surface area contributed by atoms with Gasteiger partial charge in [-0.05, 0) is 18.4 Å². The fourth-order valence-corrected chi connectivity index (χ4v) is 3.17. The van der Waals surface area contributed by atoms with Gasteiger partial charge < -0.3 is 19.8 Å². The van der Waals surface area contributed by atoms with Gasteiger partial charge in [-0.2, -0.15) is 0 Å². The Morgan fingerprint density at radius 1 is 1.08 bits per heavy atom. The van der Waals surface area contributed by atoms with Crippen molar-refractivity contribution in [3.8, 4) is 0 Å². The lowest BCUT2D eigenvalue weighted by molar-refractivity contribution is -0.139. The molecule has 1 aromatic carbocycles. The van der Waals surface area contributed by atoms with Gasteiger partial charge in [0.15, 0.2) is 0 Å². The molecule has 7 heteroatoms. The van der Waals surface area contributed by atoms with Gasteiger partial charge in [-0.3, -0.25) is 9.59 Å². The molecule has 2 rings (SSSR count). The summed E-state index contributed by atoms with van der Waals surface area (Å²) in [7, 11) is 3.42. The molecule has 1 heterocycles. The van der Waals surface area contributed by atoms with Gasteiger partial charge in [-0.25, -0.2) is 4.79 Å². The van der Waals surface area contributed by atoms with E-state index in [-0.39, 0.29) is 30.8 Å². The van der Waals surface area contributed by atoms with Crippen LogP contribution in [0.3, 0.4) is 0 Å². The van der Waals surface area contributed by atoms with Crippen LogP contribution in [0, 0.1) is 5.92 Å². The molecule has 0 bridgehead atoms. The molecule has 1 N–H and O–H groups in total. The first kappa shape index (κ1) is 19.8. The number of aliphatic carboxylic acids is 1. The molecule has 1 aliphatic heterocycles. The lowest BCUT2D eigenvalue weighted by Gasteiger charge is -2.35. The lowest BCUT2D eigenvalue weighted by Crippen LogP contribution is -2.47. The summed E-state index contributed by atoms with van der Waals surface area (Å²) in [6.45, 7) is 1.85. The zero-order valence-electron chi connectivity index (χ0n) is 15.4. The summed E-state index contributed by atoms with van der Waals surface area (Å²) in [4.78, 5) is 40.5. The number of amides is 3. The van der Waals surface area contributed by atoms with Crippen molar-refractivity contribution in [2.45, 2.75) is 25.8 Å². The van der Waals surface area contributed by atoms with Crippen LogP contribution >= 0.6 is 0 Å². The van der Waals surface area contributed by atoms with E-state index in [9.17, 15) is 14.4 Å². The predicted molar refractivity (Wildman–Crippen MR) is 97.5 cm³/mol. The maximum atomic E-state index is 12.6. The van der Waals surface area contributed by atoms with E-state index in [0.29, 0.717) is 32.5 Å². The highest BCUT2D eigenvalue weighted by molar-refractivity contribution is 5.80. The van der Waals surface area contributed by atoms with Gasteiger partial charge in [0.05, 0.1) is 6.42 Å². The second-order valence-electron chi connectivity index (χ2n) is 6.79. The summed E-state index contributed by atoms with van der Waals surface area (Å²) < 4.78 is 0. The number of carbonyl (C=O) groups excluding carboxylic acids is 2. The van der Waals surface area contributed by atoms with Crippen LogP contribution in [0.15, 0.2) is 30.3 Å². The first-order valence-corrected chi connectivity index (χ1v) is 8.89. The number of benzene rings is 1. The molecule has 7 nitrogen and oxygen atoms in total. The Morgan fingerprint density at radius 3 is 2.27 bits per heavy atom. The molecule has 0 aliphatic carbocycles. The first-order valence-electron chi connectivity index (χ1n) is 8.89.